The largest absolute Gasteiger partial charge is 0.396 e. The molecule has 2 rings (SSSR count). The van der Waals surface area contributed by atoms with E-state index >= 15 is 0 Å². The smallest absolute Gasteiger partial charge is 0.261 e. The van der Waals surface area contributed by atoms with Crippen LogP contribution in [0.4, 0.5) is 0 Å². The average molecular weight is 253 g/mol. The van der Waals surface area contributed by atoms with E-state index < -0.39 is 0 Å². The molecule has 0 unspecified atom stereocenters. The summed E-state index contributed by atoms with van der Waals surface area (Å²) in [5.41, 5.74) is 1.37. The van der Waals surface area contributed by atoms with E-state index in [0.29, 0.717) is 13.0 Å². The molecule has 0 atom stereocenters. The molecule has 3 nitrogen and oxygen atoms in total. The molecular weight excluding hydrogens is 234 g/mol. The highest BCUT2D eigenvalue weighted by molar-refractivity contribution is 7.14. The van der Waals surface area contributed by atoms with Gasteiger partial charge in [-0.05, 0) is 43.7 Å². The zero-order valence-electron chi connectivity index (χ0n) is 10.00. The lowest BCUT2D eigenvalue weighted by Gasteiger charge is -2.01. The lowest BCUT2D eigenvalue weighted by Crippen LogP contribution is -2.24. The van der Waals surface area contributed by atoms with Gasteiger partial charge in [0.2, 0.25) is 0 Å². The van der Waals surface area contributed by atoms with Crippen LogP contribution < -0.4 is 5.32 Å². The summed E-state index contributed by atoms with van der Waals surface area (Å²) in [5, 5.41) is 11.5. The summed E-state index contributed by atoms with van der Waals surface area (Å²) < 4.78 is 0. The van der Waals surface area contributed by atoms with Crippen LogP contribution in [-0.2, 0) is 12.8 Å². The second-order valence-corrected chi connectivity index (χ2v) is 5.59. The van der Waals surface area contributed by atoms with Crippen LogP contribution in [0.15, 0.2) is 6.07 Å². The maximum Gasteiger partial charge on any atom is 0.261 e. The third-order valence-electron chi connectivity index (χ3n) is 3.09. The fourth-order valence-electron chi connectivity index (χ4n) is 2.15. The number of aliphatic hydroxyl groups is 1. The Morgan fingerprint density at radius 3 is 3.00 bits per heavy atom. The Labute approximate surface area is 106 Å². The van der Waals surface area contributed by atoms with Crippen LogP contribution in [0.25, 0.3) is 0 Å². The molecule has 0 fully saturated rings. The Hall–Kier alpha value is -0.870. The van der Waals surface area contributed by atoms with E-state index in [0.717, 1.165) is 17.7 Å². The van der Waals surface area contributed by atoms with E-state index in [1.807, 2.05) is 0 Å². The van der Waals surface area contributed by atoms with E-state index in [2.05, 4.69) is 11.4 Å². The highest BCUT2D eigenvalue weighted by Gasteiger charge is 2.15. The molecule has 0 aromatic carbocycles. The zero-order valence-corrected chi connectivity index (χ0v) is 10.8. The molecular formula is C13H19NO2S. The first-order chi connectivity index (χ1) is 8.31. The summed E-state index contributed by atoms with van der Waals surface area (Å²) in [4.78, 5) is 14.1. The molecule has 17 heavy (non-hydrogen) atoms. The monoisotopic (exact) mass is 253 g/mol. The minimum atomic E-state index is 0.0107. The fourth-order valence-corrected chi connectivity index (χ4v) is 3.32. The number of carbonyl (C=O) groups is 1. The van der Waals surface area contributed by atoms with Gasteiger partial charge in [-0.25, -0.2) is 0 Å². The molecule has 1 aliphatic rings. The Kier molecular flexibility index (Phi) is 4.57. The van der Waals surface area contributed by atoms with Gasteiger partial charge in [-0.2, -0.15) is 0 Å². The van der Waals surface area contributed by atoms with Crippen molar-refractivity contribution in [2.75, 3.05) is 13.2 Å². The number of carbonyl (C=O) groups excluding carboxylic acids is 1. The van der Waals surface area contributed by atoms with Gasteiger partial charge in [0, 0.05) is 18.0 Å². The summed E-state index contributed by atoms with van der Waals surface area (Å²) in [6.45, 7) is 0.680. The number of hydrogen-bond acceptors (Lipinski definition) is 3. The van der Waals surface area contributed by atoms with Crippen LogP contribution in [0.5, 0.6) is 0 Å². The molecule has 1 heterocycles. The first-order valence-electron chi connectivity index (χ1n) is 6.32. The maximum absolute atomic E-state index is 11.8. The second kappa shape index (κ2) is 6.17. The van der Waals surface area contributed by atoms with Crippen LogP contribution in [0.2, 0.25) is 0 Å². The highest BCUT2D eigenvalue weighted by atomic mass is 32.1. The topological polar surface area (TPSA) is 49.3 Å². The second-order valence-electron chi connectivity index (χ2n) is 4.45. The van der Waals surface area contributed by atoms with Crippen molar-refractivity contribution >= 4 is 17.2 Å². The van der Waals surface area contributed by atoms with Gasteiger partial charge in [0.25, 0.3) is 5.91 Å². The van der Waals surface area contributed by atoms with Crippen molar-refractivity contribution in [1.82, 2.24) is 5.32 Å². The molecule has 0 saturated carbocycles. The third-order valence-corrected chi connectivity index (χ3v) is 4.33. The molecule has 0 saturated heterocycles. The van der Waals surface area contributed by atoms with E-state index in [9.17, 15) is 4.79 Å². The summed E-state index contributed by atoms with van der Waals surface area (Å²) in [7, 11) is 0. The number of aryl methyl sites for hydroxylation is 2. The van der Waals surface area contributed by atoms with Crippen LogP contribution in [0.1, 0.15) is 45.8 Å². The van der Waals surface area contributed by atoms with Gasteiger partial charge in [0.1, 0.15) is 0 Å². The Bertz CT molecular complexity index is 363. The van der Waals surface area contributed by atoms with Gasteiger partial charge in [0.05, 0.1) is 4.88 Å². The molecule has 1 aromatic heterocycles. The number of rotatable bonds is 4. The van der Waals surface area contributed by atoms with Gasteiger partial charge >= 0.3 is 0 Å². The van der Waals surface area contributed by atoms with E-state index in [-0.39, 0.29) is 12.5 Å². The minimum absolute atomic E-state index is 0.0107. The predicted molar refractivity (Wildman–Crippen MR) is 69.6 cm³/mol. The molecule has 1 aromatic rings. The number of fused-ring (bicyclic) bond motifs is 1. The standard InChI is InChI=1S/C13H19NO2S/c15-8-4-7-14-13(16)12-9-10-5-2-1-3-6-11(10)17-12/h9,15H,1-8H2,(H,14,16). The Balaban J connectivity index is 1.99. The van der Waals surface area contributed by atoms with E-state index in [4.69, 9.17) is 5.11 Å². The number of aliphatic hydroxyl groups excluding tert-OH is 1. The van der Waals surface area contributed by atoms with Gasteiger partial charge in [-0.3, -0.25) is 4.79 Å². The Morgan fingerprint density at radius 2 is 2.18 bits per heavy atom. The number of nitrogens with one attached hydrogen (secondary N) is 1. The van der Waals surface area contributed by atoms with Crippen molar-refractivity contribution in [2.24, 2.45) is 0 Å². The zero-order chi connectivity index (χ0) is 12.1. The molecule has 4 heteroatoms. The molecule has 94 valence electrons. The number of hydrogen-bond donors (Lipinski definition) is 2. The van der Waals surface area contributed by atoms with Gasteiger partial charge < -0.3 is 10.4 Å². The van der Waals surface area contributed by atoms with Crippen molar-refractivity contribution in [2.45, 2.75) is 38.5 Å². The van der Waals surface area contributed by atoms with Crippen LogP contribution >= 0.6 is 11.3 Å². The molecule has 1 aliphatic carbocycles. The van der Waals surface area contributed by atoms with Crippen molar-refractivity contribution < 1.29 is 9.90 Å². The molecule has 0 spiro atoms. The van der Waals surface area contributed by atoms with Gasteiger partial charge in [-0.1, -0.05) is 6.42 Å². The lowest BCUT2D eigenvalue weighted by molar-refractivity contribution is 0.0955. The molecule has 0 radical (unpaired) electrons. The first-order valence-corrected chi connectivity index (χ1v) is 7.13. The van der Waals surface area contributed by atoms with E-state index in [1.165, 1.54) is 29.7 Å². The summed E-state index contributed by atoms with van der Waals surface area (Å²) in [5.74, 6) is 0.0107. The predicted octanol–water partition coefficient (Wildman–Crippen LogP) is 2.13. The quantitative estimate of drug-likeness (QED) is 0.638. The molecule has 0 aliphatic heterocycles. The number of thiophene rings is 1. The summed E-state index contributed by atoms with van der Waals surface area (Å²) in [6.07, 6.45) is 6.67. The first kappa shape index (κ1) is 12.6. The van der Waals surface area contributed by atoms with Crippen molar-refractivity contribution in [3.05, 3.63) is 21.4 Å². The lowest BCUT2D eigenvalue weighted by atomic mass is 10.1. The van der Waals surface area contributed by atoms with Crippen LogP contribution in [0.3, 0.4) is 0 Å². The number of amides is 1. The van der Waals surface area contributed by atoms with Crippen LogP contribution in [0, 0.1) is 0 Å². The van der Waals surface area contributed by atoms with Crippen LogP contribution in [-0.4, -0.2) is 24.2 Å². The van der Waals surface area contributed by atoms with Crippen molar-refractivity contribution in [3.63, 3.8) is 0 Å². The molecule has 2 N–H and O–H groups in total. The minimum Gasteiger partial charge on any atom is -0.396 e. The third kappa shape index (κ3) is 3.30. The Morgan fingerprint density at radius 1 is 1.35 bits per heavy atom. The fraction of sp³-hybridized carbons (Fsp3) is 0.615. The maximum atomic E-state index is 11.8. The van der Waals surface area contributed by atoms with Gasteiger partial charge in [0.15, 0.2) is 0 Å². The SMILES string of the molecule is O=C(NCCCO)c1cc2c(s1)CCCCC2. The normalized spacial score (nSPS) is 15.1. The van der Waals surface area contributed by atoms with Crippen molar-refractivity contribution in [1.29, 1.82) is 0 Å². The highest BCUT2D eigenvalue weighted by Crippen LogP contribution is 2.28. The summed E-state index contributed by atoms with van der Waals surface area (Å²) >= 11 is 1.64. The molecule has 1 amide bonds. The molecule has 0 bridgehead atoms. The van der Waals surface area contributed by atoms with Gasteiger partial charge in [-0.15, -0.1) is 11.3 Å². The summed E-state index contributed by atoms with van der Waals surface area (Å²) in [6, 6.07) is 2.06. The van der Waals surface area contributed by atoms with E-state index in [1.54, 1.807) is 11.3 Å². The van der Waals surface area contributed by atoms with Crippen molar-refractivity contribution in [3.8, 4) is 0 Å². The average Bonchev–Trinajstić information content (AvgIpc) is 2.61.